The van der Waals surface area contributed by atoms with Gasteiger partial charge in [0.15, 0.2) is 12.3 Å². The van der Waals surface area contributed by atoms with Crippen molar-refractivity contribution >= 4 is 16.8 Å². The van der Waals surface area contributed by atoms with Crippen LogP contribution in [0.4, 0.5) is 0 Å². The lowest BCUT2D eigenvalue weighted by Crippen LogP contribution is -2.29. The molecule has 2 aromatic heterocycles. The van der Waals surface area contributed by atoms with Crippen molar-refractivity contribution in [1.29, 1.82) is 0 Å². The summed E-state index contributed by atoms with van der Waals surface area (Å²) in [5, 5.41) is 3.86. The lowest BCUT2D eigenvalue weighted by Gasteiger charge is -2.22. The summed E-state index contributed by atoms with van der Waals surface area (Å²) >= 11 is 0. The summed E-state index contributed by atoms with van der Waals surface area (Å²) < 4.78 is 16.8. The number of pyridine rings is 1. The van der Waals surface area contributed by atoms with E-state index in [0.29, 0.717) is 18.2 Å². The van der Waals surface area contributed by atoms with Crippen molar-refractivity contribution in [3.8, 4) is 5.75 Å². The van der Waals surface area contributed by atoms with Gasteiger partial charge in [-0.15, -0.1) is 0 Å². The van der Waals surface area contributed by atoms with Crippen molar-refractivity contribution in [2.45, 2.75) is 38.4 Å². The molecule has 1 atom stereocenters. The molecule has 4 rings (SSSR count). The van der Waals surface area contributed by atoms with Gasteiger partial charge in [-0.05, 0) is 37.8 Å². The standard InChI is InChI=1S/C21H23N3O4/c25-21(23-11-9-16-7-1-2-12-26-16)17-13-28-19(24-17)14-27-18-8-3-5-15-6-4-10-22-20(15)18/h3-6,8,10,13,16H,1-2,7,9,11-12,14H2,(H,23,25). The number of ether oxygens (including phenoxy) is 2. The summed E-state index contributed by atoms with van der Waals surface area (Å²) in [6, 6.07) is 9.58. The quantitative estimate of drug-likeness (QED) is 0.674. The van der Waals surface area contributed by atoms with Crippen molar-refractivity contribution in [3.05, 3.63) is 54.4 Å². The Morgan fingerprint density at radius 1 is 1.25 bits per heavy atom. The highest BCUT2D eigenvalue weighted by Gasteiger charge is 2.16. The van der Waals surface area contributed by atoms with Gasteiger partial charge >= 0.3 is 0 Å². The second-order valence-corrected chi connectivity index (χ2v) is 6.78. The Balaban J connectivity index is 1.29. The number of aromatic nitrogens is 2. The Morgan fingerprint density at radius 3 is 3.07 bits per heavy atom. The SMILES string of the molecule is O=C(NCCC1CCCCO1)c1coc(COc2cccc3cccnc23)n1. The molecule has 1 aliphatic heterocycles. The van der Waals surface area contributed by atoms with E-state index in [1.54, 1.807) is 6.20 Å². The van der Waals surface area contributed by atoms with Crippen molar-refractivity contribution in [2.24, 2.45) is 0 Å². The number of amides is 1. The van der Waals surface area contributed by atoms with E-state index in [9.17, 15) is 4.79 Å². The van der Waals surface area contributed by atoms with Crippen LogP contribution in [0.25, 0.3) is 10.9 Å². The number of hydrogen-bond acceptors (Lipinski definition) is 6. The zero-order chi connectivity index (χ0) is 19.2. The van der Waals surface area contributed by atoms with Crippen LogP contribution in [0.2, 0.25) is 0 Å². The Morgan fingerprint density at radius 2 is 2.18 bits per heavy atom. The fraction of sp³-hybridized carbons (Fsp3) is 0.381. The van der Waals surface area contributed by atoms with Crippen molar-refractivity contribution in [2.75, 3.05) is 13.2 Å². The lowest BCUT2D eigenvalue weighted by molar-refractivity contribution is 0.0117. The molecular formula is C21H23N3O4. The molecule has 1 amide bonds. The topological polar surface area (TPSA) is 86.5 Å². The van der Waals surface area contributed by atoms with Gasteiger partial charge in [0.25, 0.3) is 5.91 Å². The average molecular weight is 381 g/mol. The molecule has 0 spiro atoms. The van der Waals surface area contributed by atoms with Crippen LogP contribution in [0.15, 0.2) is 47.2 Å². The number of nitrogens with zero attached hydrogens (tertiary/aromatic N) is 2. The largest absolute Gasteiger partial charge is 0.482 e. The van der Waals surface area contributed by atoms with E-state index in [1.807, 2.05) is 30.3 Å². The van der Waals surface area contributed by atoms with Crippen molar-refractivity contribution in [3.63, 3.8) is 0 Å². The predicted molar refractivity (Wildman–Crippen MR) is 103 cm³/mol. The van der Waals surface area contributed by atoms with Crippen LogP contribution in [-0.4, -0.2) is 35.1 Å². The Labute approximate surface area is 163 Å². The van der Waals surface area contributed by atoms with Gasteiger partial charge in [0, 0.05) is 24.7 Å². The monoisotopic (exact) mass is 381 g/mol. The zero-order valence-corrected chi connectivity index (χ0v) is 15.6. The lowest BCUT2D eigenvalue weighted by atomic mass is 10.1. The highest BCUT2D eigenvalue weighted by Crippen LogP contribution is 2.23. The first-order chi connectivity index (χ1) is 13.8. The van der Waals surface area contributed by atoms with Crippen LogP contribution < -0.4 is 10.1 Å². The first-order valence-corrected chi connectivity index (χ1v) is 9.60. The van der Waals surface area contributed by atoms with Gasteiger partial charge in [-0.1, -0.05) is 18.2 Å². The van der Waals surface area contributed by atoms with E-state index in [2.05, 4.69) is 15.3 Å². The van der Waals surface area contributed by atoms with Crippen LogP contribution in [-0.2, 0) is 11.3 Å². The molecule has 1 fully saturated rings. The van der Waals surface area contributed by atoms with Gasteiger partial charge in [-0.25, -0.2) is 4.98 Å². The summed E-state index contributed by atoms with van der Waals surface area (Å²) in [5.41, 5.74) is 1.03. The van der Waals surface area contributed by atoms with Gasteiger partial charge in [-0.3, -0.25) is 9.78 Å². The van der Waals surface area contributed by atoms with Crippen molar-refractivity contribution < 1.29 is 18.7 Å². The summed E-state index contributed by atoms with van der Waals surface area (Å²) in [6.45, 7) is 1.50. The molecule has 0 radical (unpaired) electrons. The van der Waals surface area contributed by atoms with E-state index >= 15 is 0 Å². The number of nitrogens with one attached hydrogen (secondary N) is 1. The van der Waals surface area contributed by atoms with E-state index in [-0.39, 0.29) is 24.3 Å². The highest BCUT2D eigenvalue weighted by atomic mass is 16.5. The molecule has 3 aromatic rings. The summed E-state index contributed by atoms with van der Waals surface area (Å²) in [7, 11) is 0. The maximum Gasteiger partial charge on any atom is 0.273 e. The molecule has 7 heteroatoms. The fourth-order valence-electron chi connectivity index (χ4n) is 3.29. The molecule has 0 bridgehead atoms. The number of carbonyl (C=O) groups excluding carboxylic acids is 1. The molecule has 0 aliphatic carbocycles. The van der Waals surface area contributed by atoms with Crippen LogP contribution in [0.3, 0.4) is 0 Å². The molecule has 1 saturated heterocycles. The van der Waals surface area contributed by atoms with Crippen molar-refractivity contribution in [1.82, 2.24) is 15.3 Å². The highest BCUT2D eigenvalue weighted by molar-refractivity contribution is 5.91. The van der Waals surface area contributed by atoms with Gasteiger partial charge in [0.05, 0.1) is 6.10 Å². The molecule has 1 N–H and O–H groups in total. The Kier molecular flexibility index (Phi) is 5.82. The molecule has 0 saturated carbocycles. The third-order valence-corrected chi connectivity index (χ3v) is 4.76. The first kappa shape index (κ1) is 18.4. The number of carbonyl (C=O) groups is 1. The number of fused-ring (bicyclic) bond motifs is 1. The minimum Gasteiger partial charge on any atom is -0.482 e. The van der Waals surface area contributed by atoms with Crippen LogP contribution in [0.5, 0.6) is 5.75 Å². The number of para-hydroxylation sites is 1. The summed E-state index contributed by atoms with van der Waals surface area (Å²) in [5.74, 6) is 0.737. The summed E-state index contributed by atoms with van der Waals surface area (Å²) in [6.07, 6.45) is 7.51. The molecule has 28 heavy (non-hydrogen) atoms. The maximum atomic E-state index is 12.2. The van der Waals surface area contributed by atoms with Crippen LogP contribution in [0.1, 0.15) is 42.1 Å². The number of rotatable bonds is 7. The van der Waals surface area contributed by atoms with Gasteiger partial charge < -0.3 is 19.2 Å². The molecular weight excluding hydrogens is 358 g/mol. The fourth-order valence-corrected chi connectivity index (χ4v) is 3.29. The van der Waals surface area contributed by atoms with E-state index in [1.165, 1.54) is 12.7 Å². The number of benzene rings is 1. The van der Waals surface area contributed by atoms with Crippen LogP contribution in [0, 0.1) is 0 Å². The second-order valence-electron chi connectivity index (χ2n) is 6.78. The minimum atomic E-state index is -0.252. The van der Waals surface area contributed by atoms with Gasteiger partial charge in [-0.2, -0.15) is 0 Å². The third-order valence-electron chi connectivity index (χ3n) is 4.76. The Hall–Kier alpha value is -2.93. The minimum absolute atomic E-state index is 0.124. The normalized spacial score (nSPS) is 16.8. The smallest absolute Gasteiger partial charge is 0.273 e. The average Bonchev–Trinajstić information content (AvgIpc) is 3.22. The number of oxazole rings is 1. The first-order valence-electron chi connectivity index (χ1n) is 9.60. The van der Waals surface area contributed by atoms with E-state index in [4.69, 9.17) is 13.9 Å². The van der Waals surface area contributed by atoms with E-state index in [0.717, 1.165) is 36.8 Å². The second kappa shape index (κ2) is 8.84. The molecule has 146 valence electrons. The predicted octanol–water partition coefficient (Wildman–Crippen LogP) is 3.49. The zero-order valence-electron chi connectivity index (χ0n) is 15.6. The van der Waals surface area contributed by atoms with Crippen LogP contribution >= 0.6 is 0 Å². The summed E-state index contributed by atoms with van der Waals surface area (Å²) in [4.78, 5) is 20.8. The molecule has 7 nitrogen and oxygen atoms in total. The third kappa shape index (κ3) is 4.48. The van der Waals surface area contributed by atoms with E-state index < -0.39 is 0 Å². The Bertz CT molecular complexity index is 929. The number of hydrogen-bond donors (Lipinski definition) is 1. The molecule has 1 unspecified atom stereocenters. The van der Waals surface area contributed by atoms with Gasteiger partial charge in [0.2, 0.25) is 5.89 Å². The maximum absolute atomic E-state index is 12.2. The molecule has 1 aromatic carbocycles. The van der Waals surface area contributed by atoms with Gasteiger partial charge in [0.1, 0.15) is 17.5 Å². The molecule has 3 heterocycles. The molecule has 1 aliphatic rings.